The van der Waals surface area contributed by atoms with E-state index in [1.807, 2.05) is 6.07 Å². The maximum absolute atomic E-state index is 5.83. The minimum Gasteiger partial charge on any atom is -0.496 e. The van der Waals surface area contributed by atoms with Gasteiger partial charge in [-0.25, -0.2) is 0 Å². The summed E-state index contributed by atoms with van der Waals surface area (Å²) < 4.78 is 11.2. The molecule has 0 aliphatic carbocycles. The summed E-state index contributed by atoms with van der Waals surface area (Å²) in [4.78, 5) is 0. The number of aryl methyl sites for hydroxylation is 1. The van der Waals surface area contributed by atoms with Crippen LogP contribution < -0.4 is 10.1 Å². The molecule has 0 radical (unpaired) electrons. The highest BCUT2D eigenvalue weighted by molar-refractivity contribution is 5.39. The van der Waals surface area contributed by atoms with Gasteiger partial charge < -0.3 is 14.8 Å². The van der Waals surface area contributed by atoms with Gasteiger partial charge in [-0.05, 0) is 26.0 Å². The van der Waals surface area contributed by atoms with Gasteiger partial charge in [0, 0.05) is 18.2 Å². The van der Waals surface area contributed by atoms with Crippen LogP contribution in [-0.2, 0) is 4.74 Å². The van der Waals surface area contributed by atoms with Gasteiger partial charge in [0.05, 0.1) is 13.7 Å². The maximum Gasteiger partial charge on any atom is 0.124 e. The fourth-order valence-corrected chi connectivity index (χ4v) is 2.16. The molecule has 1 aromatic rings. The lowest BCUT2D eigenvalue weighted by molar-refractivity contribution is -0.00153. The molecule has 0 bridgehead atoms. The molecule has 1 aromatic carbocycles. The zero-order valence-corrected chi connectivity index (χ0v) is 10.1. The Bertz CT molecular complexity index is 365. The van der Waals surface area contributed by atoms with Crippen molar-refractivity contribution in [2.45, 2.75) is 26.0 Å². The minimum absolute atomic E-state index is 0.0867. The van der Waals surface area contributed by atoms with Crippen molar-refractivity contribution in [2.24, 2.45) is 0 Å². The molecule has 1 saturated heterocycles. The first-order valence-electron chi connectivity index (χ1n) is 5.72. The molecule has 0 saturated carbocycles. The van der Waals surface area contributed by atoms with E-state index < -0.39 is 0 Å². The topological polar surface area (TPSA) is 30.5 Å². The first-order chi connectivity index (χ1) is 7.72. The van der Waals surface area contributed by atoms with Gasteiger partial charge in [0.2, 0.25) is 0 Å². The Balaban J connectivity index is 2.33. The van der Waals surface area contributed by atoms with Gasteiger partial charge in [0.25, 0.3) is 0 Å². The van der Waals surface area contributed by atoms with Gasteiger partial charge in [-0.15, -0.1) is 0 Å². The van der Waals surface area contributed by atoms with Crippen LogP contribution in [0.3, 0.4) is 0 Å². The SMILES string of the molecule is COc1ccc(C)cc1C1OCCNC1C. The zero-order chi connectivity index (χ0) is 11.5. The Labute approximate surface area is 96.8 Å². The third-order valence-corrected chi connectivity index (χ3v) is 3.01. The highest BCUT2D eigenvalue weighted by Gasteiger charge is 2.26. The number of benzene rings is 1. The predicted molar refractivity (Wildman–Crippen MR) is 63.9 cm³/mol. The van der Waals surface area contributed by atoms with Gasteiger partial charge in [0.1, 0.15) is 11.9 Å². The van der Waals surface area contributed by atoms with E-state index in [0.29, 0.717) is 6.04 Å². The van der Waals surface area contributed by atoms with Crippen LogP contribution in [0.5, 0.6) is 5.75 Å². The highest BCUT2D eigenvalue weighted by atomic mass is 16.5. The Morgan fingerprint density at radius 1 is 1.44 bits per heavy atom. The standard InChI is InChI=1S/C13H19NO2/c1-9-4-5-12(15-3)11(8-9)13-10(2)14-6-7-16-13/h4-5,8,10,13-14H,6-7H2,1-3H3. The van der Waals surface area contributed by atoms with Crippen LogP contribution in [0.2, 0.25) is 0 Å². The molecule has 2 unspecified atom stereocenters. The number of morpholine rings is 1. The van der Waals surface area contributed by atoms with Crippen LogP contribution in [-0.4, -0.2) is 26.3 Å². The molecule has 2 atom stereocenters. The molecule has 0 spiro atoms. The van der Waals surface area contributed by atoms with Crippen molar-refractivity contribution in [1.82, 2.24) is 5.32 Å². The summed E-state index contributed by atoms with van der Waals surface area (Å²) in [7, 11) is 1.70. The third-order valence-electron chi connectivity index (χ3n) is 3.01. The van der Waals surface area contributed by atoms with Crippen LogP contribution in [0.1, 0.15) is 24.2 Å². The van der Waals surface area contributed by atoms with Gasteiger partial charge in [-0.1, -0.05) is 11.6 Å². The average Bonchev–Trinajstić information content (AvgIpc) is 2.29. The molecular weight excluding hydrogens is 202 g/mol. The number of methoxy groups -OCH3 is 1. The van der Waals surface area contributed by atoms with Crippen molar-refractivity contribution in [3.63, 3.8) is 0 Å². The van der Waals surface area contributed by atoms with Crippen molar-refractivity contribution in [3.05, 3.63) is 29.3 Å². The molecule has 3 nitrogen and oxygen atoms in total. The molecule has 1 aliphatic rings. The molecule has 1 aliphatic heterocycles. The van der Waals surface area contributed by atoms with Gasteiger partial charge in [-0.3, -0.25) is 0 Å². The van der Waals surface area contributed by atoms with E-state index in [9.17, 15) is 0 Å². The highest BCUT2D eigenvalue weighted by Crippen LogP contribution is 2.32. The molecule has 1 heterocycles. The van der Waals surface area contributed by atoms with Crippen molar-refractivity contribution >= 4 is 0 Å². The molecule has 0 aromatic heterocycles. The Morgan fingerprint density at radius 3 is 2.94 bits per heavy atom. The lowest BCUT2D eigenvalue weighted by Crippen LogP contribution is -2.41. The smallest absolute Gasteiger partial charge is 0.124 e. The fourth-order valence-electron chi connectivity index (χ4n) is 2.16. The van der Waals surface area contributed by atoms with Gasteiger partial charge in [0.15, 0.2) is 0 Å². The summed E-state index contributed by atoms with van der Waals surface area (Å²) in [6, 6.07) is 6.54. The maximum atomic E-state index is 5.83. The van der Waals surface area contributed by atoms with Crippen LogP contribution in [0.25, 0.3) is 0 Å². The largest absolute Gasteiger partial charge is 0.496 e. The molecular formula is C13H19NO2. The lowest BCUT2D eigenvalue weighted by Gasteiger charge is -2.31. The van der Waals surface area contributed by atoms with E-state index in [2.05, 4.69) is 31.3 Å². The molecule has 1 fully saturated rings. The number of ether oxygens (including phenoxy) is 2. The second-order valence-electron chi connectivity index (χ2n) is 4.28. The van der Waals surface area contributed by atoms with Crippen molar-refractivity contribution in [3.8, 4) is 5.75 Å². The van der Waals surface area contributed by atoms with Crippen LogP contribution >= 0.6 is 0 Å². The second-order valence-corrected chi connectivity index (χ2v) is 4.28. The summed E-state index contributed by atoms with van der Waals surface area (Å²) >= 11 is 0. The van der Waals surface area contributed by atoms with Crippen molar-refractivity contribution in [1.29, 1.82) is 0 Å². The first-order valence-corrected chi connectivity index (χ1v) is 5.72. The summed E-state index contributed by atoms with van der Waals surface area (Å²) in [6.07, 6.45) is 0.0867. The van der Waals surface area contributed by atoms with Crippen molar-refractivity contribution in [2.75, 3.05) is 20.3 Å². The molecule has 2 rings (SSSR count). The second kappa shape index (κ2) is 4.85. The van der Waals surface area contributed by atoms with Crippen LogP contribution in [0.4, 0.5) is 0 Å². The van der Waals surface area contributed by atoms with E-state index in [1.54, 1.807) is 7.11 Å². The quantitative estimate of drug-likeness (QED) is 0.829. The van der Waals surface area contributed by atoms with E-state index in [4.69, 9.17) is 9.47 Å². The van der Waals surface area contributed by atoms with Crippen LogP contribution in [0, 0.1) is 6.92 Å². The van der Waals surface area contributed by atoms with Crippen LogP contribution in [0.15, 0.2) is 18.2 Å². The normalized spacial score (nSPS) is 25.4. The Morgan fingerprint density at radius 2 is 2.25 bits per heavy atom. The molecule has 1 N–H and O–H groups in total. The summed E-state index contributed by atoms with van der Waals surface area (Å²) in [5.74, 6) is 0.908. The lowest BCUT2D eigenvalue weighted by atomic mass is 9.99. The summed E-state index contributed by atoms with van der Waals surface area (Å²) in [6.45, 7) is 5.91. The fraction of sp³-hybridized carbons (Fsp3) is 0.538. The van der Waals surface area contributed by atoms with Crippen molar-refractivity contribution < 1.29 is 9.47 Å². The molecule has 88 valence electrons. The van der Waals surface area contributed by atoms with E-state index in [1.165, 1.54) is 5.56 Å². The van der Waals surface area contributed by atoms with Gasteiger partial charge >= 0.3 is 0 Å². The molecule has 16 heavy (non-hydrogen) atoms. The number of hydrogen-bond donors (Lipinski definition) is 1. The number of rotatable bonds is 2. The zero-order valence-electron chi connectivity index (χ0n) is 10.1. The summed E-state index contributed by atoms with van der Waals surface area (Å²) in [5.41, 5.74) is 2.37. The minimum atomic E-state index is 0.0867. The monoisotopic (exact) mass is 221 g/mol. The first kappa shape index (κ1) is 11.4. The summed E-state index contributed by atoms with van der Waals surface area (Å²) in [5, 5.41) is 3.42. The van der Waals surface area contributed by atoms with E-state index >= 15 is 0 Å². The third kappa shape index (κ3) is 2.20. The van der Waals surface area contributed by atoms with E-state index in [0.717, 1.165) is 24.5 Å². The molecule has 0 amide bonds. The van der Waals surface area contributed by atoms with Gasteiger partial charge in [-0.2, -0.15) is 0 Å². The number of hydrogen-bond acceptors (Lipinski definition) is 3. The predicted octanol–water partition coefficient (Wildman–Crippen LogP) is 2.05. The Hall–Kier alpha value is -1.06. The number of nitrogens with one attached hydrogen (secondary N) is 1. The average molecular weight is 221 g/mol. The Kier molecular flexibility index (Phi) is 3.46. The van der Waals surface area contributed by atoms with E-state index in [-0.39, 0.29) is 6.10 Å². The molecule has 3 heteroatoms.